The second-order valence-electron chi connectivity index (χ2n) is 4.90. The molecule has 1 aliphatic rings. The minimum absolute atomic E-state index is 0.0348. The molecule has 102 valence electrons. The fourth-order valence-electron chi connectivity index (χ4n) is 2.22. The van der Waals surface area contributed by atoms with Gasteiger partial charge in [0.1, 0.15) is 12.0 Å². The van der Waals surface area contributed by atoms with Crippen LogP contribution >= 0.6 is 0 Å². The number of nitrogens with zero attached hydrogens (tertiary/aromatic N) is 2. The Kier molecular flexibility index (Phi) is 4.14. The van der Waals surface area contributed by atoms with Crippen LogP contribution in [0.4, 0.5) is 11.4 Å². The summed E-state index contributed by atoms with van der Waals surface area (Å²) in [6.07, 6.45) is 4.91. The van der Waals surface area contributed by atoms with Crippen molar-refractivity contribution in [3.05, 3.63) is 33.9 Å². The van der Waals surface area contributed by atoms with Gasteiger partial charge in [0.2, 0.25) is 0 Å². The Morgan fingerprint density at radius 2 is 2.21 bits per heavy atom. The summed E-state index contributed by atoms with van der Waals surface area (Å²) in [7, 11) is 0. The van der Waals surface area contributed by atoms with Gasteiger partial charge in [-0.05, 0) is 31.4 Å². The molecule has 1 aliphatic carbocycles. The van der Waals surface area contributed by atoms with Crippen LogP contribution in [0, 0.1) is 10.1 Å². The second-order valence-corrected chi connectivity index (χ2v) is 4.90. The molecule has 2 rings (SSSR count). The lowest BCUT2D eigenvalue weighted by molar-refractivity contribution is -0.384. The van der Waals surface area contributed by atoms with Gasteiger partial charge < -0.3 is 4.90 Å². The zero-order chi connectivity index (χ0) is 13.8. The first-order valence-electron chi connectivity index (χ1n) is 6.67. The number of unbranched alkanes of at least 4 members (excludes halogenated alkanes) is 1. The molecule has 5 nitrogen and oxygen atoms in total. The number of carbonyl (C=O) groups excluding carboxylic acids is 1. The Morgan fingerprint density at radius 1 is 1.47 bits per heavy atom. The van der Waals surface area contributed by atoms with Crippen molar-refractivity contribution in [2.45, 2.75) is 38.6 Å². The molecule has 0 saturated heterocycles. The molecule has 0 atom stereocenters. The van der Waals surface area contributed by atoms with Crippen LogP contribution in [0.2, 0.25) is 0 Å². The molecule has 0 amide bonds. The SMILES string of the molecule is CCCCN(c1ccc(C=O)cc1[N+](=O)[O-])C1CC1. The van der Waals surface area contributed by atoms with E-state index in [2.05, 4.69) is 11.8 Å². The summed E-state index contributed by atoms with van der Waals surface area (Å²) in [5.41, 5.74) is 1.03. The molecule has 5 heteroatoms. The van der Waals surface area contributed by atoms with E-state index in [9.17, 15) is 14.9 Å². The molecule has 0 heterocycles. The van der Waals surface area contributed by atoms with Gasteiger partial charge in [-0.25, -0.2) is 0 Å². The fourth-order valence-corrected chi connectivity index (χ4v) is 2.22. The lowest BCUT2D eigenvalue weighted by Crippen LogP contribution is -2.27. The number of aldehydes is 1. The maximum atomic E-state index is 11.2. The van der Waals surface area contributed by atoms with Gasteiger partial charge in [-0.1, -0.05) is 13.3 Å². The maximum absolute atomic E-state index is 11.2. The lowest BCUT2D eigenvalue weighted by atomic mass is 10.1. The predicted molar refractivity (Wildman–Crippen MR) is 73.8 cm³/mol. The summed E-state index contributed by atoms with van der Waals surface area (Å²) in [6, 6.07) is 5.14. The largest absolute Gasteiger partial charge is 0.363 e. The zero-order valence-corrected chi connectivity index (χ0v) is 11.0. The van der Waals surface area contributed by atoms with Crippen LogP contribution in [0.25, 0.3) is 0 Å². The summed E-state index contributed by atoms with van der Waals surface area (Å²) in [5.74, 6) is 0. The third kappa shape index (κ3) is 3.10. The summed E-state index contributed by atoms with van der Waals surface area (Å²) in [6.45, 7) is 2.94. The summed E-state index contributed by atoms with van der Waals surface area (Å²) < 4.78 is 0. The first-order chi connectivity index (χ1) is 9.17. The second kappa shape index (κ2) is 5.82. The number of hydrogen-bond donors (Lipinski definition) is 0. The van der Waals surface area contributed by atoms with E-state index >= 15 is 0 Å². The molecule has 0 radical (unpaired) electrons. The van der Waals surface area contributed by atoms with Crippen LogP contribution in [-0.4, -0.2) is 23.8 Å². The van der Waals surface area contributed by atoms with Gasteiger partial charge in [0.05, 0.1) is 4.92 Å². The normalized spacial score (nSPS) is 14.2. The van der Waals surface area contributed by atoms with E-state index in [1.165, 1.54) is 6.07 Å². The summed E-state index contributed by atoms with van der Waals surface area (Å²) in [5, 5.41) is 11.2. The minimum atomic E-state index is -0.399. The van der Waals surface area contributed by atoms with Crippen LogP contribution in [0.3, 0.4) is 0 Å². The van der Waals surface area contributed by atoms with Crippen LogP contribution < -0.4 is 4.90 Å². The molecule has 0 spiro atoms. The number of anilines is 1. The smallest absolute Gasteiger partial charge is 0.293 e. The van der Waals surface area contributed by atoms with Gasteiger partial charge in [0.25, 0.3) is 5.69 Å². The monoisotopic (exact) mass is 262 g/mol. The van der Waals surface area contributed by atoms with E-state index < -0.39 is 4.92 Å². The molecule has 0 aromatic heterocycles. The van der Waals surface area contributed by atoms with Crippen molar-refractivity contribution in [3.63, 3.8) is 0 Å². The van der Waals surface area contributed by atoms with Crippen molar-refractivity contribution in [1.29, 1.82) is 0 Å². The Morgan fingerprint density at radius 3 is 2.74 bits per heavy atom. The average molecular weight is 262 g/mol. The molecular formula is C14H18N2O3. The highest BCUT2D eigenvalue weighted by Crippen LogP contribution is 2.37. The molecule has 1 aromatic carbocycles. The Balaban J connectivity index is 2.34. The van der Waals surface area contributed by atoms with Crippen molar-refractivity contribution in [3.8, 4) is 0 Å². The number of nitro groups is 1. The van der Waals surface area contributed by atoms with Crippen molar-refractivity contribution in [2.24, 2.45) is 0 Å². The number of nitro benzene ring substituents is 1. The molecule has 0 bridgehead atoms. The number of rotatable bonds is 7. The van der Waals surface area contributed by atoms with Gasteiger partial charge >= 0.3 is 0 Å². The summed E-state index contributed by atoms with van der Waals surface area (Å²) in [4.78, 5) is 23.6. The molecule has 19 heavy (non-hydrogen) atoms. The Labute approximate surface area is 112 Å². The Hall–Kier alpha value is -1.91. The van der Waals surface area contributed by atoms with E-state index in [0.29, 0.717) is 23.6 Å². The van der Waals surface area contributed by atoms with Crippen molar-refractivity contribution in [1.82, 2.24) is 0 Å². The maximum Gasteiger partial charge on any atom is 0.293 e. The van der Waals surface area contributed by atoms with Crippen LogP contribution in [0.15, 0.2) is 18.2 Å². The first kappa shape index (κ1) is 13.5. The fraction of sp³-hybridized carbons (Fsp3) is 0.500. The third-order valence-electron chi connectivity index (χ3n) is 3.38. The van der Waals surface area contributed by atoms with E-state index in [4.69, 9.17) is 0 Å². The number of carbonyl (C=O) groups is 1. The predicted octanol–water partition coefficient (Wildman–Crippen LogP) is 3.18. The van der Waals surface area contributed by atoms with Crippen molar-refractivity contribution >= 4 is 17.7 Å². The third-order valence-corrected chi connectivity index (χ3v) is 3.38. The van der Waals surface area contributed by atoms with Gasteiger partial charge in [0.15, 0.2) is 0 Å². The highest BCUT2D eigenvalue weighted by atomic mass is 16.6. The van der Waals surface area contributed by atoms with E-state index in [0.717, 1.165) is 32.2 Å². The van der Waals surface area contributed by atoms with E-state index in [-0.39, 0.29) is 5.69 Å². The first-order valence-corrected chi connectivity index (χ1v) is 6.67. The van der Waals surface area contributed by atoms with Crippen LogP contribution in [0.5, 0.6) is 0 Å². The zero-order valence-electron chi connectivity index (χ0n) is 11.0. The van der Waals surface area contributed by atoms with Gasteiger partial charge in [-0.2, -0.15) is 0 Å². The molecule has 1 aromatic rings. The van der Waals surface area contributed by atoms with Crippen molar-refractivity contribution in [2.75, 3.05) is 11.4 Å². The molecule has 1 fully saturated rings. The lowest BCUT2D eigenvalue weighted by Gasteiger charge is -2.24. The highest BCUT2D eigenvalue weighted by Gasteiger charge is 2.32. The molecular weight excluding hydrogens is 244 g/mol. The highest BCUT2D eigenvalue weighted by molar-refractivity contribution is 5.79. The standard InChI is InChI=1S/C14H18N2O3/c1-2-3-8-15(12-5-6-12)13-7-4-11(10-17)9-14(13)16(18)19/h4,7,9-10,12H,2-3,5-6,8H2,1H3. The van der Waals surface area contributed by atoms with E-state index in [1.807, 2.05) is 0 Å². The Bertz CT molecular complexity index is 484. The number of benzene rings is 1. The molecule has 0 unspecified atom stereocenters. The summed E-state index contributed by atoms with van der Waals surface area (Å²) >= 11 is 0. The number of hydrogen-bond acceptors (Lipinski definition) is 4. The molecule has 0 aliphatic heterocycles. The van der Waals surface area contributed by atoms with Crippen LogP contribution in [0.1, 0.15) is 43.0 Å². The molecule has 0 N–H and O–H groups in total. The van der Waals surface area contributed by atoms with Gasteiger partial charge in [-0.3, -0.25) is 14.9 Å². The topological polar surface area (TPSA) is 63.5 Å². The average Bonchev–Trinajstić information content (AvgIpc) is 3.23. The molecule has 1 saturated carbocycles. The minimum Gasteiger partial charge on any atom is -0.363 e. The van der Waals surface area contributed by atoms with Gasteiger partial charge in [-0.15, -0.1) is 0 Å². The van der Waals surface area contributed by atoms with Gasteiger partial charge in [0, 0.05) is 24.2 Å². The van der Waals surface area contributed by atoms with Crippen LogP contribution in [-0.2, 0) is 0 Å². The van der Waals surface area contributed by atoms with Crippen molar-refractivity contribution < 1.29 is 9.72 Å². The quantitative estimate of drug-likeness (QED) is 0.430. The van der Waals surface area contributed by atoms with E-state index in [1.54, 1.807) is 12.1 Å².